The highest BCUT2D eigenvalue weighted by Gasteiger charge is 2.19. The fraction of sp³-hybridized carbons (Fsp3) is 0.286. The van der Waals surface area contributed by atoms with Crippen LogP contribution in [0.25, 0.3) is 20.7 Å². The number of thiophene rings is 2. The Morgan fingerprint density at radius 3 is 2.80 bits per heavy atom. The SMILES string of the molecule is COc1ccc(Nc2nc(CN3CCOCC3)nc3scc(-c4cccs4)c23)cn1. The minimum atomic E-state index is 0.580. The molecule has 1 aliphatic rings. The van der Waals surface area contributed by atoms with Crippen molar-refractivity contribution >= 4 is 44.4 Å². The lowest BCUT2D eigenvalue weighted by Gasteiger charge is -2.25. The van der Waals surface area contributed by atoms with Crippen molar-refractivity contribution in [3.8, 4) is 16.3 Å². The molecule has 1 aliphatic heterocycles. The smallest absolute Gasteiger partial charge is 0.213 e. The lowest BCUT2D eigenvalue weighted by atomic mass is 10.2. The quantitative estimate of drug-likeness (QED) is 0.477. The molecular weight excluding hydrogens is 418 g/mol. The Hall–Kier alpha value is -2.59. The maximum Gasteiger partial charge on any atom is 0.213 e. The van der Waals surface area contributed by atoms with Gasteiger partial charge >= 0.3 is 0 Å². The average molecular weight is 440 g/mol. The molecule has 5 heterocycles. The third-order valence-electron chi connectivity index (χ3n) is 4.94. The van der Waals surface area contributed by atoms with Gasteiger partial charge in [0.15, 0.2) is 0 Å². The lowest BCUT2D eigenvalue weighted by molar-refractivity contribution is 0.0331. The van der Waals surface area contributed by atoms with Crippen LogP contribution in [0.3, 0.4) is 0 Å². The number of nitrogens with zero attached hydrogens (tertiary/aromatic N) is 4. The summed E-state index contributed by atoms with van der Waals surface area (Å²) in [5.41, 5.74) is 2.02. The van der Waals surface area contributed by atoms with E-state index in [-0.39, 0.29) is 0 Å². The highest BCUT2D eigenvalue weighted by molar-refractivity contribution is 7.18. The molecule has 0 aliphatic carbocycles. The summed E-state index contributed by atoms with van der Waals surface area (Å²) in [5, 5.41) is 8.77. The first-order valence-corrected chi connectivity index (χ1v) is 11.5. The van der Waals surface area contributed by atoms with Crippen molar-refractivity contribution in [1.82, 2.24) is 19.9 Å². The van der Waals surface area contributed by atoms with E-state index in [1.165, 1.54) is 4.88 Å². The fourth-order valence-corrected chi connectivity index (χ4v) is 5.21. The van der Waals surface area contributed by atoms with E-state index in [1.807, 2.05) is 12.1 Å². The van der Waals surface area contributed by atoms with E-state index in [9.17, 15) is 0 Å². The van der Waals surface area contributed by atoms with Crippen molar-refractivity contribution in [3.63, 3.8) is 0 Å². The Morgan fingerprint density at radius 1 is 1.17 bits per heavy atom. The van der Waals surface area contributed by atoms with Crippen LogP contribution in [-0.4, -0.2) is 53.3 Å². The molecule has 154 valence electrons. The van der Waals surface area contributed by atoms with Crippen LogP contribution in [0, 0.1) is 0 Å². The summed E-state index contributed by atoms with van der Waals surface area (Å²) in [5.74, 6) is 2.20. The normalized spacial score (nSPS) is 14.8. The molecule has 0 spiro atoms. The van der Waals surface area contributed by atoms with Crippen LogP contribution in [-0.2, 0) is 11.3 Å². The van der Waals surface area contributed by atoms with Gasteiger partial charge in [-0.25, -0.2) is 15.0 Å². The molecular formula is C21H21N5O2S2. The minimum Gasteiger partial charge on any atom is -0.481 e. The number of anilines is 2. The summed E-state index contributed by atoms with van der Waals surface area (Å²) >= 11 is 3.38. The summed E-state index contributed by atoms with van der Waals surface area (Å²) in [6.07, 6.45) is 1.76. The zero-order chi connectivity index (χ0) is 20.3. The molecule has 4 aromatic heterocycles. The number of hydrogen-bond acceptors (Lipinski definition) is 9. The molecule has 0 aromatic carbocycles. The lowest BCUT2D eigenvalue weighted by Crippen LogP contribution is -2.36. The predicted octanol–water partition coefficient (Wildman–Crippen LogP) is 4.40. The molecule has 1 fully saturated rings. The monoisotopic (exact) mass is 439 g/mol. The van der Waals surface area contributed by atoms with Crippen LogP contribution in [0.4, 0.5) is 11.5 Å². The molecule has 0 saturated carbocycles. The van der Waals surface area contributed by atoms with Crippen molar-refractivity contribution in [1.29, 1.82) is 0 Å². The Kier molecular flexibility index (Phi) is 5.58. The van der Waals surface area contributed by atoms with Crippen molar-refractivity contribution in [2.75, 3.05) is 38.7 Å². The van der Waals surface area contributed by atoms with Crippen LogP contribution < -0.4 is 10.1 Å². The first-order chi connectivity index (χ1) is 14.8. The molecule has 0 bridgehead atoms. The molecule has 1 saturated heterocycles. The minimum absolute atomic E-state index is 0.580. The highest BCUT2D eigenvalue weighted by Crippen LogP contribution is 2.39. The zero-order valence-electron chi connectivity index (χ0n) is 16.5. The topological polar surface area (TPSA) is 72.4 Å². The van der Waals surface area contributed by atoms with Gasteiger partial charge < -0.3 is 14.8 Å². The van der Waals surface area contributed by atoms with E-state index in [2.05, 4.69) is 38.1 Å². The summed E-state index contributed by atoms with van der Waals surface area (Å²) in [6.45, 7) is 4.02. The first kappa shape index (κ1) is 19.4. The van der Waals surface area contributed by atoms with Gasteiger partial charge in [-0.2, -0.15) is 0 Å². The van der Waals surface area contributed by atoms with Crippen LogP contribution in [0.2, 0.25) is 0 Å². The van der Waals surface area contributed by atoms with Crippen molar-refractivity contribution < 1.29 is 9.47 Å². The van der Waals surface area contributed by atoms with Crippen LogP contribution in [0.5, 0.6) is 5.88 Å². The largest absolute Gasteiger partial charge is 0.481 e. The number of morpholine rings is 1. The summed E-state index contributed by atoms with van der Waals surface area (Å²) < 4.78 is 10.6. The number of ether oxygens (including phenoxy) is 2. The Balaban J connectivity index is 1.55. The molecule has 0 amide bonds. The number of rotatable bonds is 6. The molecule has 30 heavy (non-hydrogen) atoms. The van der Waals surface area contributed by atoms with Crippen LogP contribution >= 0.6 is 22.7 Å². The van der Waals surface area contributed by atoms with E-state index in [4.69, 9.17) is 19.4 Å². The number of fused-ring (bicyclic) bond motifs is 1. The number of methoxy groups -OCH3 is 1. The van der Waals surface area contributed by atoms with Crippen molar-refractivity contribution in [2.24, 2.45) is 0 Å². The van der Waals surface area contributed by atoms with E-state index < -0.39 is 0 Å². The van der Waals surface area contributed by atoms with E-state index in [1.54, 1.807) is 36.0 Å². The Bertz CT molecular complexity index is 1120. The van der Waals surface area contributed by atoms with Gasteiger partial charge in [-0.3, -0.25) is 4.90 Å². The second-order valence-electron chi connectivity index (χ2n) is 6.90. The van der Waals surface area contributed by atoms with Crippen LogP contribution in [0.1, 0.15) is 5.82 Å². The summed E-state index contributed by atoms with van der Waals surface area (Å²) in [7, 11) is 1.61. The van der Waals surface area contributed by atoms with Gasteiger partial charge in [0.05, 0.1) is 44.1 Å². The molecule has 5 rings (SSSR count). The second-order valence-corrected chi connectivity index (χ2v) is 8.70. The van der Waals surface area contributed by atoms with Gasteiger partial charge in [0, 0.05) is 35.0 Å². The average Bonchev–Trinajstić information content (AvgIpc) is 3.45. The highest BCUT2D eigenvalue weighted by atomic mass is 32.1. The third-order valence-corrected chi connectivity index (χ3v) is 6.72. The van der Waals surface area contributed by atoms with Gasteiger partial charge in [0.2, 0.25) is 5.88 Å². The zero-order valence-corrected chi connectivity index (χ0v) is 18.1. The number of aromatic nitrogens is 3. The van der Waals surface area contributed by atoms with Crippen molar-refractivity contribution in [2.45, 2.75) is 6.54 Å². The maximum atomic E-state index is 5.47. The van der Waals surface area contributed by atoms with Gasteiger partial charge in [0.1, 0.15) is 16.5 Å². The fourth-order valence-electron chi connectivity index (χ4n) is 3.43. The Labute approximate surface area is 182 Å². The summed E-state index contributed by atoms with van der Waals surface area (Å²) in [4.78, 5) is 18.6. The first-order valence-electron chi connectivity index (χ1n) is 9.69. The standard InChI is InChI=1S/C21H21N5O2S2/c1-27-18-5-4-14(11-22-18)23-20-19-15(16-3-2-10-29-16)13-30-21(19)25-17(24-20)12-26-6-8-28-9-7-26/h2-5,10-11,13H,6-9,12H2,1H3,(H,23,24,25). The summed E-state index contributed by atoms with van der Waals surface area (Å²) in [6, 6.07) is 7.98. The molecule has 9 heteroatoms. The molecule has 1 N–H and O–H groups in total. The van der Waals surface area contributed by atoms with Gasteiger partial charge in [-0.15, -0.1) is 22.7 Å². The molecule has 0 atom stereocenters. The van der Waals surface area contributed by atoms with Gasteiger partial charge in [-0.1, -0.05) is 6.07 Å². The van der Waals surface area contributed by atoms with Gasteiger partial charge in [-0.05, 0) is 17.5 Å². The van der Waals surface area contributed by atoms with Crippen molar-refractivity contribution in [3.05, 3.63) is 47.0 Å². The van der Waals surface area contributed by atoms with E-state index in [0.29, 0.717) is 12.4 Å². The number of hydrogen-bond donors (Lipinski definition) is 1. The van der Waals surface area contributed by atoms with E-state index in [0.717, 1.165) is 59.4 Å². The predicted molar refractivity (Wildman–Crippen MR) is 121 cm³/mol. The Morgan fingerprint density at radius 2 is 2.07 bits per heavy atom. The van der Waals surface area contributed by atoms with Crippen LogP contribution in [0.15, 0.2) is 41.2 Å². The molecule has 4 aromatic rings. The molecule has 7 nitrogen and oxygen atoms in total. The molecule has 0 unspecified atom stereocenters. The second kappa shape index (κ2) is 8.65. The number of nitrogens with one attached hydrogen (secondary N) is 1. The van der Waals surface area contributed by atoms with E-state index >= 15 is 0 Å². The third kappa shape index (κ3) is 4.01. The number of pyridine rings is 1. The molecule has 0 radical (unpaired) electrons. The maximum absolute atomic E-state index is 5.47. The van der Waals surface area contributed by atoms with Gasteiger partial charge in [0.25, 0.3) is 0 Å².